The van der Waals surface area contributed by atoms with Crippen LogP contribution in [-0.2, 0) is 9.98 Å². The Hall–Kier alpha value is -3.37. The summed E-state index contributed by atoms with van der Waals surface area (Å²) in [5, 5.41) is 0. The third-order valence-corrected chi connectivity index (χ3v) is 7.98. The van der Waals surface area contributed by atoms with Crippen LogP contribution in [0.25, 0.3) is 0 Å². The highest BCUT2D eigenvalue weighted by molar-refractivity contribution is 7.51. The Morgan fingerprint density at radius 3 is 1.63 bits per heavy atom. The first-order valence-electron chi connectivity index (χ1n) is 11.9. The van der Waals surface area contributed by atoms with E-state index in [0.717, 1.165) is 34.0 Å². The van der Waals surface area contributed by atoms with Crippen molar-refractivity contribution in [2.24, 2.45) is 0 Å². The van der Waals surface area contributed by atoms with Crippen molar-refractivity contribution in [3.8, 4) is 11.5 Å². The number of anilines is 2. The molecule has 0 aromatic heterocycles. The van der Waals surface area contributed by atoms with E-state index in [4.69, 9.17) is 4.74 Å². The molecule has 0 radical (unpaired) electrons. The summed E-state index contributed by atoms with van der Waals surface area (Å²) >= 11 is 0. The molecule has 0 atom stereocenters. The van der Waals surface area contributed by atoms with Gasteiger partial charge in [0.15, 0.2) is 0 Å². The normalized spacial score (nSPS) is 15.0. The van der Waals surface area contributed by atoms with Gasteiger partial charge in [-0.1, -0.05) is 72.8 Å². The zero-order chi connectivity index (χ0) is 24.0. The van der Waals surface area contributed by atoms with Crippen LogP contribution >= 0.6 is 7.60 Å². The molecule has 4 aromatic rings. The van der Waals surface area contributed by atoms with Crippen LogP contribution in [0.4, 0.5) is 11.4 Å². The zero-order valence-electron chi connectivity index (χ0n) is 19.2. The molecule has 0 saturated heterocycles. The number of benzene rings is 4. The van der Waals surface area contributed by atoms with Gasteiger partial charge in [0.1, 0.15) is 11.5 Å². The molecule has 5 nitrogen and oxygen atoms in total. The summed E-state index contributed by atoms with van der Waals surface area (Å²) < 4.78 is 17.8. The summed E-state index contributed by atoms with van der Waals surface area (Å²) in [6.45, 7) is 0.671. The molecule has 4 aromatic carbocycles. The van der Waals surface area contributed by atoms with Gasteiger partial charge in [-0.2, -0.15) is 0 Å². The quantitative estimate of drug-likeness (QED) is 0.218. The molecular formula is C29H26NO4P. The van der Waals surface area contributed by atoms with Gasteiger partial charge in [0.25, 0.3) is 0 Å². The number of ether oxygens (including phenoxy) is 1. The van der Waals surface area contributed by atoms with E-state index >= 15 is 0 Å². The monoisotopic (exact) mass is 483 g/mol. The Morgan fingerprint density at radius 2 is 1.11 bits per heavy atom. The second-order valence-corrected chi connectivity index (χ2v) is 10.9. The molecule has 6 heteroatoms. The maximum absolute atomic E-state index is 11.4. The minimum atomic E-state index is -4.00. The topological polar surface area (TPSA) is 70.0 Å². The van der Waals surface area contributed by atoms with Crippen molar-refractivity contribution in [3.05, 3.63) is 119 Å². The highest BCUT2D eigenvalue weighted by Crippen LogP contribution is 2.61. The SMILES string of the molecule is O=P(O)(O)CCCCN1c2ccccc2C2(c3ccccc3Oc3ccccc32)c2ccccc21. The third kappa shape index (κ3) is 3.51. The lowest BCUT2D eigenvalue weighted by atomic mass is 9.61. The highest BCUT2D eigenvalue weighted by Gasteiger charge is 2.50. The number of fused-ring (bicyclic) bond motifs is 8. The van der Waals surface area contributed by atoms with E-state index < -0.39 is 13.0 Å². The number of hydrogen-bond donors (Lipinski definition) is 2. The van der Waals surface area contributed by atoms with E-state index in [1.807, 2.05) is 24.3 Å². The van der Waals surface area contributed by atoms with Gasteiger partial charge in [-0.3, -0.25) is 4.57 Å². The van der Waals surface area contributed by atoms with E-state index in [-0.39, 0.29) is 6.16 Å². The second-order valence-electron chi connectivity index (χ2n) is 9.13. The molecule has 2 N–H and O–H groups in total. The summed E-state index contributed by atoms with van der Waals surface area (Å²) in [6.07, 6.45) is 1.05. The van der Waals surface area contributed by atoms with Gasteiger partial charge in [0.05, 0.1) is 5.41 Å². The largest absolute Gasteiger partial charge is 0.457 e. The van der Waals surface area contributed by atoms with Crippen LogP contribution in [0.15, 0.2) is 97.1 Å². The second kappa shape index (κ2) is 8.39. The first-order valence-corrected chi connectivity index (χ1v) is 13.7. The van der Waals surface area contributed by atoms with Gasteiger partial charge in [-0.25, -0.2) is 0 Å². The van der Waals surface area contributed by atoms with Crippen LogP contribution in [0.2, 0.25) is 0 Å². The van der Waals surface area contributed by atoms with Gasteiger partial charge in [0.2, 0.25) is 0 Å². The molecule has 0 unspecified atom stereocenters. The Morgan fingerprint density at radius 1 is 0.657 bits per heavy atom. The average molecular weight is 484 g/mol. The zero-order valence-corrected chi connectivity index (χ0v) is 20.1. The minimum absolute atomic E-state index is 0.0911. The van der Waals surface area contributed by atoms with Gasteiger partial charge in [0, 0.05) is 35.2 Å². The van der Waals surface area contributed by atoms with Crippen molar-refractivity contribution in [1.82, 2.24) is 0 Å². The van der Waals surface area contributed by atoms with Gasteiger partial charge >= 0.3 is 7.60 Å². The van der Waals surface area contributed by atoms with Gasteiger partial charge < -0.3 is 19.4 Å². The first kappa shape index (κ1) is 22.1. The van der Waals surface area contributed by atoms with Crippen molar-refractivity contribution in [2.75, 3.05) is 17.6 Å². The predicted molar refractivity (Wildman–Crippen MR) is 138 cm³/mol. The fraction of sp³-hybridized carbons (Fsp3) is 0.172. The van der Waals surface area contributed by atoms with E-state index in [1.165, 1.54) is 11.1 Å². The van der Waals surface area contributed by atoms with E-state index in [0.29, 0.717) is 19.4 Å². The summed E-state index contributed by atoms with van der Waals surface area (Å²) in [5.41, 5.74) is 6.25. The molecule has 0 amide bonds. The first-order chi connectivity index (χ1) is 17.0. The Labute approximate surface area is 204 Å². The number of hydrogen-bond acceptors (Lipinski definition) is 3. The van der Waals surface area contributed by atoms with Crippen molar-refractivity contribution in [3.63, 3.8) is 0 Å². The molecule has 1 spiro atoms. The molecule has 6 rings (SSSR count). The van der Waals surface area contributed by atoms with E-state index in [2.05, 4.69) is 77.7 Å². The summed E-state index contributed by atoms with van der Waals surface area (Å²) in [5.74, 6) is 1.71. The molecule has 0 fully saturated rings. The standard InChI is InChI=1S/C29H26NO4P/c31-35(32,33)20-10-9-19-30-25-15-5-1-11-21(25)29(22-12-2-6-16-26(22)30)23-13-3-7-17-27(23)34-28-18-8-4-14-24(28)29/h1-8,11-18H,9-10,19-20H2,(H2,31,32,33). The van der Waals surface area contributed by atoms with Crippen LogP contribution in [-0.4, -0.2) is 22.5 Å². The van der Waals surface area contributed by atoms with Crippen LogP contribution < -0.4 is 9.64 Å². The summed E-state index contributed by atoms with van der Waals surface area (Å²) in [4.78, 5) is 20.9. The predicted octanol–water partition coefficient (Wildman–Crippen LogP) is 6.58. The van der Waals surface area contributed by atoms with E-state index in [9.17, 15) is 14.4 Å². The smallest absolute Gasteiger partial charge is 0.325 e. The van der Waals surface area contributed by atoms with Crippen LogP contribution in [0, 0.1) is 0 Å². The van der Waals surface area contributed by atoms with Gasteiger partial charge in [-0.15, -0.1) is 0 Å². The molecule has 0 saturated carbocycles. The maximum atomic E-state index is 11.4. The summed E-state index contributed by atoms with van der Waals surface area (Å²) in [6, 6.07) is 33.5. The Balaban J connectivity index is 1.58. The molecule has 2 aliphatic rings. The average Bonchev–Trinajstić information content (AvgIpc) is 2.87. The molecule has 176 valence electrons. The maximum Gasteiger partial charge on any atom is 0.325 e. The number of para-hydroxylation sites is 4. The molecule has 35 heavy (non-hydrogen) atoms. The van der Waals surface area contributed by atoms with Crippen LogP contribution in [0.5, 0.6) is 11.5 Å². The molecule has 0 bridgehead atoms. The summed E-state index contributed by atoms with van der Waals surface area (Å²) in [7, 11) is -4.00. The fourth-order valence-electron chi connectivity index (χ4n) is 5.73. The molecule has 2 aliphatic heterocycles. The van der Waals surface area contributed by atoms with E-state index in [1.54, 1.807) is 0 Å². The molecular weight excluding hydrogens is 457 g/mol. The van der Waals surface area contributed by atoms with Crippen molar-refractivity contribution in [1.29, 1.82) is 0 Å². The minimum Gasteiger partial charge on any atom is -0.457 e. The fourth-order valence-corrected chi connectivity index (χ4v) is 6.37. The van der Waals surface area contributed by atoms with Crippen molar-refractivity contribution < 1.29 is 19.1 Å². The Bertz CT molecular complexity index is 1370. The van der Waals surface area contributed by atoms with Crippen molar-refractivity contribution >= 4 is 19.0 Å². The lowest BCUT2D eigenvalue weighted by Crippen LogP contribution is -2.41. The highest BCUT2D eigenvalue weighted by atomic mass is 31.2. The number of unbranched alkanes of at least 4 members (excludes halogenated alkanes) is 1. The van der Waals surface area contributed by atoms with Crippen molar-refractivity contribution in [2.45, 2.75) is 18.3 Å². The molecule has 2 heterocycles. The number of rotatable bonds is 5. The lowest BCUT2D eigenvalue weighted by Gasteiger charge is -2.48. The third-order valence-electron chi connectivity index (χ3n) is 7.08. The Kier molecular flexibility index (Phi) is 5.30. The van der Waals surface area contributed by atoms with Crippen LogP contribution in [0.1, 0.15) is 35.1 Å². The lowest BCUT2D eigenvalue weighted by molar-refractivity contribution is 0.371. The molecule has 0 aliphatic carbocycles. The van der Waals surface area contributed by atoms with Gasteiger partial charge in [-0.05, 0) is 48.2 Å². The number of nitrogens with zero attached hydrogens (tertiary/aromatic N) is 1. The van der Waals surface area contributed by atoms with Crippen LogP contribution in [0.3, 0.4) is 0 Å².